The van der Waals surface area contributed by atoms with Crippen molar-refractivity contribution >= 4 is 29.7 Å². The Hall–Kier alpha value is -1.50. The SMILES string of the molecule is Cl.O=C(O)CCCCc1nnc(-c2ccc(C3CCNCC3)cc2)s1. The van der Waals surface area contributed by atoms with E-state index >= 15 is 0 Å². The second kappa shape index (κ2) is 9.85. The minimum Gasteiger partial charge on any atom is -0.481 e. The maximum Gasteiger partial charge on any atom is 0.303 e. The molecule has 1 aliphatic heterocycles. The van der Waals surface area contributed by atoms with Gasteiger partial charge in [0, 0.05) is 18.4 Å². The number of carboxylic acids is 1. The molecule has 0 unspecified atom stereocenters. The van der Waals surface area contributed by atoms with Crippen molar-refractivity contribution in [2.45, 2.75) is 44.4 Å². The second-order valence-corrected chi connectivity index (χ2v) is 7.31. The number of rotatable bonds is 7. The second-order valence-electron chi connectivity index (χ2n) is 6.25. The first-order chi connectivity index (χ1) is 11.7. The molecule has 3 rings (SSSR count). The van der Waals surface area contributed by atoms with Crippen LogP contribution in [0.25, 0.3) is 10.6 Å². The fourth-order valence-electron chi connectivity index (χ4n) is 3.08. The molecule has 0 amide bonds. The van der Waals surface area contributed by atoms with Crippen molar-refractivity contribution in [1.29, 1.82) is 0 Å². The molecule has 7 heteroatoms. The van der Waals surface area contributed by atoms with Gasteiger partial charge in [-0.15, -0.1) is 22.6 Å². The number of piperidine rings is 1. The van der Waals surface area contributed by atoms with Crippen molar-refractivity contribution in [2.24, 2.45) is 0 Å². The number of aryl methyl sites for hydroxylation is 1. The number of aliphatic carboxylic acids is 1. The van der Waals surface area contributed by atoms with Crippen molar-refractivity contribution in [3.63, 3.8) is 0 Å². The van der Waals surface area contributed by atoms with Gasteiger partial charge in [-0.05, 0) is 50.3 Å². The molecule has 5 nitrogen and oxygen atoms in total. The zero-order valence-electron chi connectivity index (χ0n) is 14.1. The van der Waals surface area contributed by atoms with Crippen LogP contribution in [0.3, 0.4) is 0 Å². The molecule has 1 aromatic heterocycles. The van der Waals surface area contributed by atoms with Crippen LogP contribution >= 0.6 is 23.7 Å². The maximum absolute atomic E-state index is 10.5. The van der Waals surface area contributed by atoms with Crippen LogP contribution in [0, 0.1) is 0 Å². The predicted octanol–water partition coefficient (Wildman–Crippen LogP) is 3.89. The van der Waals surface area contributed by atoms with Crippen LogP contribution in [-0.4, -0.2) is 34.4 Å². The summed E-state index contributed by atoms with van der Waals surface area (Å²) in [6, 6.07) is 8.73. The predicted molar refractivity (Wildman–Crippen MR) is 103 cm³/mol. The Labute approximate surface area is 158 Å². The summed E-state index contributed by atoms with van der Waals surface area (Å²) in [4.78, 5) is 10.5. The molecule has 0 aliphatic carbocycles. The van der Waals surface area contributed by atoms with Gasteiger partial charge in [-0.3, -0.25) is 4.79 Å². The fourth-order valence-corrected chi connectivity index (χ4v) is 3.96. The highest BCUT2D eigenvalue weighted by Crippen LogP contribution is 2.29. The molecule has 0 atom stereocenters. The van der Waals surface area contributed by atoms with Crippen LogP contribution in [0.1, 0.15) is 48.6 Å². The number of nitrogens with one attached hydrogen (secondary N) is 1. The maximum atomic E-state index is 10.5. The molecule has 1 aliphatic rings. The molecule has 2 aromatic rings. The molecule has 1 fully saturated rings. The summed E-state index contributed by atoms with van der Waals surface area (Å²) in [7, 11) is 0. The number of unbranched alkanes of at least 4 members (excludes halogenated alkanes) is 1. The van der Waals surface area contributed by atoms with Gasteiger partial charge in [-0.2, -0.15) is 0 Å². The standard InChI is InChI=1S/C18H23N3O2S.ClH/c22-17(23)4-2-1-3-16-20-21-18(24-16)15-7-5-13(6-8-15)14-9-11-19-12-10-14;/h5-8,14,19H,1-4,9-12H2,(H,22,23);1H. The van der Waals surface area contributed by atoms with E-state index in [0.29, 0.717) is 12.3 Å². The van der Waals surface area contributed by atoms with Crippen LogP contribution in [-0.2, 0) is 11.2 Å². The number of nitrogens with zero attached hydrogens (tertiary/aromatic N) is 2. The molecule has 2 N–H and O–H groups in total. The smallest absolute Gasteiger partial charge is 0.303 e. The van der Waals surface area contributed by atoms with E-state index in [1.54, 1.807) is 11.3 Å². The molecule has 1 aromatic carbocycles. The number of aromatic nitrogens is 2. The molecule has 25 heavy (non-hydrogen) atoms. The molecule has 0 saturated carbocycles. The van der Waals surface area contributed by atoms with E-state index in [4.69, 9.17) is 5.11 Å². The van der Waals surface area contributed by atoms with Gasteiger partial charge < -0.3 is 10.4 Å². The van der Waals surface area contributed by atoms with Crippen LogP contribution in [0.15, 0.2) is 24.3 Å². The third-order valence-electron chi connectivity index (χ3n) is 4.47. The Morgan fingerprint density at radius 1 is 1.16 bits per heavy atom. The summed E-state index contributed by atoms with van der Waals surface area (Å²) in [6.07, 6.45) is 4.98. The summed E-state index contributed by atoms with van der Waals surface area (Å²) in [5, 5.41) is 22.5. The zero-order valence-corrected chi connectivity index (χ0v) is 15.7. The zero-order chi connectivity index (χ0) is 16.8. The Balaban J connectivity index is 0.00000225. The highest BCUT2D eigenvalue weighted by atomic mass is 35.5. The number of benzene rings is 1. The van der Waals surface area contributed by atoms with Gasteiger partial charge in [0.25, 0.3) is 0 Å². The lowest BCUT2D eigenvalue weighted by atomic mass is 9.90. The van der Waals surface area contributed by atoms with Crippen molar-refractivity contribution < 1.29 is 9.90 Å². The largest absolute Gasteiger partial charge is 0.481 e. The Kier molecular flexibility index (Phi) is 7.81. The quantitative estimate of drug-likeness (QED) is 0.711. The lowest BCUT2D eigenvalue weighted by Gasteiger charge is -2.22. The normalized spacial score (nSPS) is 14.9. The highest BCUT2D eigenvalue weighted by Gasteiger charge is 2.15. The minimum atomic E-state index is -0.734. The Morgan fingerprint density at radius 2 is 1.88 bits per heavy atom. The van der Waals surface area contributed by atoms with E-state index < -0.39 is 5.97 Å². The van der Waals surface area contributed by atoms with Gasteiger partial charge in [0.2, 0.25) is 0 Å². The summed E-state index contributed by atoms with van der Waals surface area (Å²) in [5.41, 5.74) is 2.53. The first-order valence-electron chi connectivity index (χ1n) is 8.57. The third-order valence-corrected chi connectivity index (χ3v) is 5.50. The lowest BCUT2D eigenvalue weighted by molar-refractivity contribution is -0.137. The molecule has 1 saturated heterocycles. The first-order valence-corrected chi connectivity index (χ1v) is 9.39. The summed E-state index contributed by atoms with van der Waals surface area (Å²) in [6.45, 7) is 2.21. The van der Waals surface area contributed by atoms with Crippen LogP contribution in [0.2, 0.25) is 0 Å². The average molecular weight is 382 g/mol. The Bertz CT molecular complexity index is 669. The van der Waals surface area contributed by atoms with E-state index in [1.807, 2.05) is 0 Å². The topological polar surface area (TPSA) is 75.1 Å². The third kappa shape index (κ3) is 5.76. The molecule has 0 radical (unpaired) electrons. The van der Waals surface area contributed by atoms with Crippen molar-refractivity contribution in [3.05, 3.63) is 34.8 Å². The molecule has 2 heterocycles. The fraction of sp³-hybridized carbons (Fsp3) is 0.500. The number of hydrogen-bond acceptors (Lipinski definition) is 5. The van der Waals surface area contributed by atoms with Gasteiger partial charge in [0.1, 0.15) is 10.0 Å². The van der Waals surface area contributed by atoms with E-state index in [2.05, 4.69) is 39.8 Å². The molecule has 136 valence electrons. The van der Waals surface area contributed by atoms with Gasteiger partial charge in [0.15, 0.2) is 0 Å². The van der Waals surface area contributed by atoms with Crippen LogP contribution in [0.5, 0.6) is 0 Å². The monoisotopic (exact) mass is 381 g/mol. The average Bonchev–Trinajstić information content (AvgIpc) is 3.08. The Morgan fingerprint density at radius 3 is 2.56 bits per heavy atom. The van der Waals surface area contributed by atoms with E-state index in [-0.39, 0.29) is 18.8 Å². The van der Waals surface area contributed by atoms with Gasteiger partial charge in [-0.25, -0.2) is 0 Å². The minimum absolute atomic E-state index is 0. The van der Waals surface area contributed by atoms with Crippen LogP contribution < -0.4 is 5.32 Å². The summed E-state index contributed by atoms with van der Waals surface area (Å²) in [5.74, 6) is -0.0682. The first kappa shape index (κ1) is 19.8. The number of halogens is 1. The summed E-state index contributed by atoms with van der Waals surface area (Å²) < 4.78 is 0. The van der Waals surface area contributed by atoms with Crippen molar-refractivity contribution in [2.75, 3.05) is 13.1 Å². The molecular formula is C18H24ClN3O2S. The van der Waals surface area contributed by atoms with Gasteiger partial charge >= 0.3 is 5.97 Å². The van der Waals surface area contributed by atoms with Crippen molar-refractivity contribution in [1.82, 2.24) is 15.5 Å². The molecular weight excluding hydrogens is 358 g/mol. The number of hydrogen-bond donors (Lipinski definition) is 2. The highest BCUT2D eigenvalue weighted by molar-refractivity contribution is 7.14. The van der Waals surface area contributed by atoms with Crippen LogP contribution in [0.4, 0.5) is 0 Å². The van der Waals surface area contributed by atoms with E-state index in [1.165, 1.54) is 18.4 Å². The van der Waals surface area contributed by atoms with Gasteiger partial charge in [-0.1, -0.05) is 35.6 Å². The molecule has 0 spiro atoms. The number of carbonyl (C=O) groups is 1. The summed E-state index contributed by atoms with van der Waals surface area (Å²) >= 11 is 1.61. The van der Waals surface area contributed by atoms with Gasteiger partial charge in [0.05, 0.1) is 0 Å². The lowest BCUT2D eigenvalue weighted by Crippen LogP contribution is -2.26. The van der Waals surface area contributed by atoms with E-state index in [0.717, 1.165) is 41.5 Å². The van der Waals surface area contributed by atoms with Crippen molar-refractivity contribution in [3.8, 4) is 10.6 Å². The molecule has 0 bridgehead atoms. The number of carboxylic acid groups (broad SMARTS) is 1. The van der Waals surface area contributed by atoms with E-state index in [9.17, 15) is 4.79 Å².